The number of hydrogen-bond donors (Lipinski definition) is 2. The Morgan fingerprint density at radius 2 is 2.12 bits per heavy atom. The van der Waals surface area contributed by atoms with Crippen molar-refractivity contribution < 1.29 is 9.90 Å². The minimum absolute atomic E-state index is 0.175. The molecule has 0 bridgehead atoms. The van der Waals surface area contributed by atoms with Crippen LogP contribution in [0.4, 0.5) is 4.79 Å². The van der Waals surface area contributed by atoms with Gasteiger partial charge >= 0.3 is 6.09 Å². The Hall–Kier alpha value is -1.52. The first-order valence-electron chi connectivity index (χ1n) is 5.91. The van der Waals surface area contributed by atoms with Gasteiger partial charge in [0.15, 0.2) is 0 Å². The zero-order valence-electron chi connectivity index (χ0n) is 10.8. The number of amides is 1. The molecule has 1 amide bonds. The van der Waals surface area contributed by atoms with Gasteiger partial charge in [0, 0.05) is 12.7 Å². The Morgan fingerprint density at radius 1 is 1.47 bits per heavy atom. The summed E-state index contributed by atoms with van der Waals surface area (Å²) in [6, 6.07) is -0.249. The van der Waals surface area contributed by atoms with Crippen LogP contribution in [0.5, 0.6) is 0 Å². The van der Waals surface area contributed by atoms with Crippen molar-refractivity contribution in [2.45, 2.75) is 40.3 Å². The third-order valence-corrected chi connectivity index (χ3v) is 2.49. The lowest BCUT2D eigenvalue weighted by Crippen LogP contribution is -2.30. The molecule has 17 heavy (non-hydrogen) atoms. The summed E-state index contributed by atoms with van der Waals surface area (Å²) in [6.45, 7) is 9.11. The number of aromatic nitrogens is 2. The molecule has 0 aliphatic heterocycles. The normalized spacial score (nSPS) is 13.1. The second-order valence-corrected chi connectivity index (χ2v) is 5.06. The van der Waals surface area contributed by atoms with Gasteiger partial charge in [0.2, 0.25) is 0 Å². The third-order valence-electron chi connectivity index (χ3n) is 2.49. The molecule has 0 spiro atoms. The lowest BCUT2D eigenvalue weighted by atomic mass is 10.0. The summed E-state index contributed by atoms with van der Waals surface area (Å²) in [5.41, 5.74) is 0.781. The number of nitrogens with zero attached hydrogens (tertiary/aromatic N) is 2. The zero-order valence-corrected chi connectivity index (χ0v) is 10.8. The van der Waals surface area contributed by atoms with Gasteiger partial charge in [0.25, 0.3) is 0 Å². The van der Waals surface area contributed by atoms with Crippen LogP contribution in [0.2, 0.25) is 0 Å². The van der Waals surface area contributed by atoms with Gasteiger partial charge in [-0.3, -0.25) is 0 Å². The highest BCUT2D eigenvalue weighted by Gasteiger charge is 2.20. The molecule has 1 atom stereocenters. The molecular weight excluding hydrogens is 218 g/mol. The van der Waals surface area contributed by atoms with Crippen molar-refractivity contribution in [3.63, 3.8) is 0 Å². The number of rotatable bonds is 5. The van der Waals surface area contributed by atoms with E-state index in [-0.39, 0.29) is 12.0 Å². The smallest absolute Gasteiger partial charge is 0.405 e. The second-order valence-electron chi connectivity index (χ2n) is 5.06. The maximum atomic E-state index is 10.7. The zero-order chi connectivity index (χ0) is 13.0. The lowest BCUT2D eigenvalue weighted by Gasteiger charge is -2.18. The Kier molecular flexibility index (Phi) is 4.54. The van der Waals surface area contributed by atoms with Gasteiger partial charge < -0.3 is 15.0 Å². The predicted molar refractivity (Wildman–Crippen MR) is 65.8 cm³/mol. The number of imidazole rings is 1. The van der Waals surface area contributed by atoms with Crippen molar-refractivity contribution in [3.8, 4) is 0 Å². The molecule has 0 aromatic carbocycles. The van der Waals surface area contributed by atoms with Crippen molar-refractivity contribution in [2.24, 2.45) is 11.8 Å². The first-order chi connectivity index (χ1) is 7.90. The number of nitrogens with one attached hydrogen (secondary N) is 1. The van der Waals surface area contributed by atoms with Crippen LogP contribution in [0.1, 0.15) is 39.4 Å². The molecule has 2 N–H and O–H groups in total. The lowest BCUT2D eigenvalue weighted by molar-refractivity contribution is 0.185. The first kappa shape index (κ1) is 13.5. The number of carbonyl (C=O) groups is 1. The summed E-state index contributed by atoms with van der Waals surface area (Å²) >= 11 is 0. The summed E-state index contributed by atoms with van der Waals surface area (Å²) in [5, 5.41) is 11.3. The monoisotopic (exact) mass is 239 g/mol. The Labute approximate surface area is 102 Å². The molecule has 1 heterocycles. The van der Waals surface area contributed by atoms with E-state index in [0.29, 0.717) is 5.92 Å². The largest absolute Gasteiger partial charge is 0.465 e. The Morgan fingerprint density at radius 3 is 2.59 bits per heavy atom. The minimum atomic E-state index is -1.01. The van der Waals surface area contributed by atoms with E-state index in [9.17, 15) is 4.79 Å². The standard InChI is InChI=1S/C12H21N3O2/c1-8(2)5-15-6-10(13-7-15)11(9(3)4)14-12(16)17/h6-9,11,14H,5H2,1-4H3,(H,16,17)/t11-/m0/s1. The first-order valence-corrected chi connectivity index (χ1v) is 5.91. The summed E-state index contributed by atoms with van der Waals surface area (Å²) < 4.78 is 2.00. The fourth-order valence-electron chi connectivity index (χ4n) is 1.77. The van der Waals surface area contributed by atoms with Crippen LogP contribution >= 0.6 is 0 Å². The van der Waals surface area contributed by atoms with Gasteiger partial charge in [0.05, 0.1) is 18.1 Å². The van der Waals surface area contributed by atoms with E-state index in [1.807, 2.05) is 24.6 Å². The van der Waals surface area contributed by atoms with E-state index < -0.39 is 6.09 Å². The summed E-state index contributed by atoms with van der Waals surface area (Å²) in [6.07, 6.45) is 2.66. The van der Waals surface area contributed by atoms with E-state index >= 15 is 0 Å². The highest BCUT2D eigenvalue weighted by Crippen LogP contribution is 2.20. The minimum Gasteiger partial charge on any atom is -0.465 e. The van der Waals surface area contributed by atoms with Crippen molar-refractivity contribution in [3.05, 3.63) is 18.2 Å². The predicted octanol–water partition coefficient (Wildman–Crippen LogP) is 2.50. The highest BCUT2D eigenvalue weighted by molar-refractivity contribution is 5.65. The Bertz CT molecular complexity index is 372. The van der Waals surface area contributed by atoms with Crippen molar-refractivity contribution in [2.75, 3.05) is 0 Å². The molecule has 5 heteroatoms. The molecule has 0 fully saturated rings. The quantitative estimate of drug-likeness (QED) is 0.829. The van der Waals surface area contributed by atoms with Crippen molar-refractivity contribution in [1.82, 2.24) is 14.9 Å². The van der Waals surface area contributed by atoms with E-state index in [1.165, 1.54) is 0 Å². The molecule has 96 valence electrons. The van der Waals surface area contributed by atoms with Crippen LogP contribution in [0.3, 0.4) is 0 Å². The topological polar surface area (TPSA) is 67.2 Å². The van der Waals surface area contributed by atoms with Gasteiger partial charge in [-0.25, -0.2) is 9.78 Å². The Balaban J connectivity index is 2.80. The molecule has 0 aliphatic carbocycles. The number of hydrogen-bond acceptors (Lipinski definition) is 2. The molecule has 1 rings (SSSR count). The van der Waals surface area contributed by atoms with Crippen LogP contribution < -0.4 is 5.32 Å². The van der Waals surface area contributed by atoms with Crippen molar-refractivity contribution >= 4 is 6.09 Å². The highest BCUT2D eigenvalue weighted by atomic mass is 16.4. The maximum Gasteiger partial charge on any atom is 0.405 e. The number of carboxylic acid groups (broad SMARTS) is 1. The van der Waals surface area contributed by atoms with Crippen LogP contribution in [0.25, 0.3) is 0 Å². The molecule has 5 nitrogen and oxygen atoms in total. The van der Waals surface area contributed by atoms with Gasteiger partial charge in [-0.05, 0) is 11.8 Å². The van der Waals surface area contributed by atoms with E-state index in [2.05, 4.69) is 24.1 Å². The van der Waals surface area contributed by atoms with Crippen LogP contribution in [0.15, 0.2) is 12.5 Å². The van der Waals surface area contributed by atoms with E-state index in [0.717, 1.165) is 12.2 Å². The molecule has 0 unspecified atom stereocenters. The SMILES string of the molecule is CC(C)Cn1cnc([C@@H](NC(=O)O)C(C)C)c1. The fourth-order valence-corrected chi connectivity index (χ4v) is 1.77. The van der Waals surface area contributed by atoms with Crippen molar-refractivity contribution in [1.29, 1.82) is 0 Å². The van der Waals surface area contributed by atoms with Gasteiger partial charge in [0.1, 0.15) is 0 Å². The van der Waals surface area contributed by atoms with Crippen LogP contribution in [-0.2, 0) is 6.54 Å². The molecule has 0 aliphatic rings. The van der Waals surface area contributed by atoms with E-state index in [4.69, 9.17) is 5.11 Å². The van der Waals surface area contributed by atoms with Gasteiger partial charge in [-0.15, -0.1) is 0 Å². The molecule has 0 saturated heterocycles. The molecule has 1 aromatic rings. The second kappa shape index (κ2) is 5.70. The molecule has 0 radical (unpaired) electrons. The summed E-state index contributed by atoms with van der Waals surface area (Å²) in [5.74, 6) is 0.718. The fraction of sp³-hybridized carbons (Fsp3) is 0.667. The third kappa shape index (κ3) is 4.09. The maximum absolute atomic E-state index is 10.7. The van der Waals surface area contributed by atoms with E-state index in [1.54, 1.807) is 6.33 Å². The van der Waals surface area contributed by atoms with Crippen LogP contribution in [-0.4, -0.2) is 20.8 Å². The average Bonchev–Trinajstić information content (AvgIpc) is 2.60. The van der Waals surface area contributed by atoms with Gasteiger partial charge in [-0.1, -0.05) is 27.7 Å². The molecule has 1 aromatic heterocycles. The average molecular weight is 239 g/mol. The molecular formula is C12H21N3O2. The summed E-state index contributed by atoms with van der Waals surface area (Å²) in [7, 11) is 0. The van der Waals surface area contributed by atoms with Crippen LogP contribution in [0, 0.1) is 11.8 Å². The molecule has 0 saturated carbocycles. The van der Waals surface area contributed by atoms with Gasteiger partial charge in [-0.2, -0.15) is 0 Å². The summed E-state index contributed by atoms with van der Waals surface area (Å²) in [4.78, 5) is 15.0.